The first-order valence-corrected chi connectivity index (χ1v) is 8.86. The van der Waals surface area contributed by atoms with Gasteiger partial charge in [-0.3, -0.25) is 4.79 Å². The fourth-order valence-electron chi connectivity index (χ4n) is 2.48. The standard InChI is InChI=1S/C14H22N2O5S/c1-11-13(5-8-21-11)14(17)15-12-3-6-16(7-4-12)22(18,19)10-9-20-2/h5,8,12H,3-4,6-7,9-10H2,1-2H3,(H,15,17). The Labute approximate surface area is 130 Å². The summed E-state index contributed by atoms with van der Waals surface area (Å²) in [6.07, 6.45) is 2.69. The fraction of sp³-hybridized carbons (Fsp3) is 0.643. The predicted octanol–water partition coefficient (Wildman–Crippen LogP) is 0.758. The third-order valence-corrected chi connectivity index (χ3v) is 5.67. The Balaban J connectivity index is 1.85. The molecule has 0 atom stereocenters. The second kappa shape index (κ2) is 7.26. The van der Waals surface area contributed by atoms with Gasteiger partial charge in [0.25, 0.3) is 5.91 Å². The molecule has 0 bridgehead atoms. The molecular weight excluding hydrogens is 308 g/mol. The van der Waals surface area contributed by atoms with Crippen LogP contribution in [0.5, 0.6) is 0 Å². The third-order valence-electron chi connectivity index (χ3n) is 3.83. The van der Waals surface area contributed by atoms with E-state index in [4.69, 9.17) is 9.15 Å². The quantitative estimate of drug-likeness (QED) is 0.832. The molecule has 1 amide bonds. The van der Waals surface area contributed by atoms with Crippen molar-refractivity contribution >= 4 is 15.9 Å². The number of carbonyl (C=O) groups is 1. The predicted molar refractivity (Wildman–Crippen MR) is 81.2 cm³/mol. The van der Waals surface area contributed by atoms with Crippen molar-refractivity contribution in [3.8, 4) is 0 Å². The summed E-state index contributed by atoms with van der Waals surface area (Å²) in [7, 11) is -1.79. The maximum absolute atomic E-state index is 12.1. The molecule has 2 heterocycles. The highest BCUT2D eigenvalue weighted by Gasteiger charge is 2.28. The second-order valence-corrected chi connectivity index (χ2v) is 7.43. The van der Waals surface area contributed by atoms with Crippen LogP contribution in [-0.2, 0) is 14.8 Å². The average molecular weight is 330 g/mol. The van der Waals surface area contributed by atoms with Gasteiger partial charge in [0.1, 0.15) is 5.76 Å². The molecule has 1 aliphatic heterocycles. The van der Waals surface area contributed by atoms with E-state index in [1.807, 2.05) is 0 Å². The van der Waals surface area contributed by atoms with Gasteiger partial charge in [-0.2, -0.15) is 0 Å². The molecular formula is C14H22N2O5S. The van der Waals surface area contributed by atoms with Crippen LogP contribution in [0.25, 0.3) is 0 Å². The maximum Gasteiger partial charge on any atom is 0.255 e. The van der Waals surface area contributed by atoms with E-state index in [1.165, 1.54) is 17.7 Å². The van der Waals surface area contributed by atoms with E-state index in [-0.39, 0.29) is 24.3 Å². The molecule has 0 aromatic carbocycles. The van der Waals surface area contributed by atoms with Crippen LogP contribution in [0, 0.1) is 6.92 Å². The minimum Gasteiger partial charge on any atom is -0.469 e. The smallest absolute Gasteiger partial charge is 0.255 e. The maximum atomic E-state index is 12.1. The Morgan fingerprint density at radius 1 is 1.45 bits per heavy atom. The van der Waals surface area contributed by atoms with Gasteiger partial charge in [0.2, 0.25) is 10.0 Å². The van der Waals surface area contributed by atoms with E-state index < -0.39 is 10.0 Å². The summed E-state index contributed by atoms with van der Waals surface area (Å²) in [4.78, 5) is 12.1. The first-order chi connectivity index (χ1) is 10.4. The summed E-state index contributed by atoms with van der Waals surface area (Å²) in [5.74, 6) is 0.401. The third kappa shape index (κ3) is 4.08. The Morgan fingerprint density at radius 3 is 2.68 bits per heavy atom. The molecule has 0 saturated carbocycles. The average Bonchev–Trinajstić information content (AvgIpc) is 2.92. The molecule has 1 aliphatic rings. The molecule has 1 aromatic heterocycles. The molecule has 0 aliphatic carbocycles. The molecule has 1 fully saturated rings. The molecule has 1 aromatic rings. The fourth-order valence-corrected chi connectivity index (χ4v) is 3.88. The molecule has 0 radical (unpaired) electrons. The Kier molecular flexibility index (Phi) is 5.60. The zero-order valence-electron chi connectivity index (χ0n) is 12.9. The van der Waals surface area contributed by atoms with Gasteiger partial charge >= 0.3 is 0 Å². The number of nitrogens with zero attached hydrogens (tertiary/aromatic N) is 1. The molecule has 124 valence electrons. The van der Waals surface area contributed by atoms with E-state index in [2.05, 4.69) is 5.32 Å². The summed E-state index contributed by atoms with van der Waals surface area (Å²) >= 11 is 0. The number of sulfonamides is 1. The number of amides is 1. The molecule has 0 spiro atoms. The number of furan rings is 1. The van der Waals surface area contributed by atoms with Crippen LogP contribution in [0.1, 0.15) is 29.0 Å². The van der Waals surface area contributed by atoms with Crippen LogP contribution in [0.2, 0.25) is 0 Å². The van der Waals surface area contributed by atoms with E-state index in [0.29, 0.717) is 37.3 Å². The minimum atomic E-state index is -3.27. The number of rotatable bonds is 6. The van der Waals surface area contributed by atoms with Crippen LogP contribution in [-0.4, -0.2) is 57.2 Å². The van der Waals surface area contributed by atoms with E-state index >= 15 is 0 Å². The summed E-state index contributed by atoms with van der Waals surface area (Å²) in [6.45, 7) is 2.77. The van der Waals surface area contributed by atoms with Gasteiger partial charge in [-0.1, -0.05) is 0 Å². The van der Waals surface area contributed by atoms with Crippen LogP contribution < -0.4 is 5.32 Å². The molecule has 0 unspecified atom stereocenters. The topological polar surface area (TPSA) is 88.9 Å². The number of piperidine rings is 1. The Hall–Kier alpha value is -1.38. The number of nitrogens with one attached hydrogen (secondary N) is 1. The number of aryl methyl sites for hydroxylation is 1. The van der Waals surface area contributed by atoms with E-state index in [0.717, 1.165) is 0 Å². The zero-order chi connectivity index (χ0) is 16.2. The number of methoxy groups -OCH3 is 1. The molecule has 1 saturated heterocycles. The first-order valence-electron chi connectivity index (χ1n) is 7.26. The van der Waals surface area contributed by atoms with Crippen LogP contribution in [0.4, 0.5) is 0 Å². The lowest BCUT2D eigenvalue weighted by atomic mass is 10.1. The van der Waals surface area contributed by atoms with Gasteiger partial charge in [0.05, 0.1) is 24.2 Å². The highest BCUT2D eigenvalue weighted by atomic mass is 32.2. The normalized spacial score (nSPS) is 17.5. The second-order valence-electron chi connectivity index (χ2n) is 5.35. The van der Waals surface area contributed by atoms with Crippen molar-refractivity contribution in [2.45, 2.75) is 25.8 Å². The lowest BCUT2D eigenvalue weighted by Crippen LogP contribution is -2.47. The SMILES string of the molecule is COCCS(=O)(=O)N1CCC(NC(=O)c2ccoc2C)CC1. The zero-order valence-corrected chi connectivity index (χ0v) is 13.7. The lowest BCUT2D eigenvalue weighted by Gasteiger charge is -2.31. The highest BCUT2D eigenvalue weighted by Crippen LogP contribution is 2.16. The van der Waals surface area contributed by atoms with Crippen molar-refractivity contribution in [3.63, 3.8) is 0 Å². The Morgan fingerprint density at radius 2 is 2.14 bits per heavy atom. The summed E-state index contributed by atoms with van der Waals surface area (Å²) in [5, 5.41) is 2.93. The first kappa shape index (κ1) is 17.0. The van der Waals surface area contributed by atoms with E-state index in [9.17, 15) is 13.2 Å². The lowest BCUT2D eigenvalue weighted by molar-refractivity contribution is 0.0922. The molecule has 7 nitrogen and oxygen atoms in total. The van der Waals surface area contributed by atoms with E-state index in [1.54, 1.807) is 13.0 Å². The minimum absolute atomic E-state index is 0.00522. The highest BCUT2D eigenvalue weighted by molar-refractivity contribution is 7.89. The number of hydrogen-bond donors (Lipinski definition) is 1. The van der Waals surface area contributed by atoms with Gasteiger partial charge in [-0.25, -0.2) is 12.7 Å². The Bertz CT molecular complexity index is 603. The number of carbonyl (C=O) groups excluding carboxylic acids is 1. The van der Waals surface area contributed by atoms with Crippen molar-refractivity contribution < 1.29 is 22.4 Å². The van der Waals surface area contributed by atoms with Crippen molar-refractivity contribution in [1.29, 1.82) is 0 Å². The van der Waals surface area contributed by atoms with Gasteiger partial charge in [-0.05, 0) is 25.8 Å². The van der Waals surface area contributed by atoms with Crippen molar-refractivity contribution in [1.82, 2.24) is 9.62 Å². The van der Waals surface area contributed by atoms with Gasteiger partial charge in [0, 0.05) is 26.2 Å². The van der Waals surface area contributed by atoms with Gasteiger partial charge in [-0.15, -0.1) is 0 Å². The largest absolute Gasteiger partial charge is 0.469 e. The summed E-state index contributed by atoms with van der Waals surface area (Å²) in [6, 6.07) is 1.62. The summed E-state index contributed by atoms with van der Waals surface area (Å²) < 4.78 is 35.5. The molecule has 1 N–H and O–H groups in total. The van der Waals surface area contributed by atoms with Crippen LogP contribution in [0.3, 0.4) is 0 Å². The molecule has 22 heavy (non-hydrogen) atoms. The molecule has 8 heteroatoms. The number of ether oxygens (including phenoxy) is 1. The monoisotopic (exact) mass is 330 g/mol. The van der Waals surface area contributed by atoms with Crippen molar-refractivity contribution in [2.24, 2.45) is 0 Å². The van der Waals surface area contributed by atoms with Crippen molar-refractivity contribution in [3.05, 3.63) is 23.7 Å². The van der Waals surface area contributed by atoms with Gasteiger partial charge in [0.15, 0.2) is 0 Å². The van der Waals surface area contributed by atoms with Gasteiger partial charge < -0.3 is 14.5 Å². The summed E-state index contributed by atoms with van der Waals surface area (Å²) in [5.41, 5.74) is 0.523. The molecule has 2 rings (SSSR count). The van der Waals surface area contributed by atoms with Crippen LogP contribution >= 0.6 is 0 Å². The van der Waals surface area contributed by atoms with Crippen LogP contribution in [0.15, 0.2) is 16.7 Å². The number of hydrogen-bond acceptors (Lipinski definition) is 5. The van der Waals surface area contributed by atoms with Crippen molar-refractivity contribution in [2.75, 3.05) is 32.6 Å².